The lowest BCUT2D eigenvalue weighted by Gasteiger charge is -2.05. The predicted molar refractivity (Wildman–Crippen MR) is 73.5 cm³/mol. The molecule has 0 aromatic heterocycles. The maximum atomic E-state index is 10.1. The van der Waals surface area contributed by atoms with Gasteiger partial charge < -0.3 is 5.11 Å². The summed E-state index contributed by atoms with van der Waals surface area (Å²) in [6, 6.07) is 17.9. The lowest BCUT2D eigenvalue weighted by Crippen LogP contribution is -1.77. The Bertz CT molecular complexity index is 592. The van der Waals surface area contributed by atoms with Crippen LogP contribution in [0.25, 0.3) is 21.5 Å². The van der Waals surface area contributed by atoms with Gasteiger partial charge in [-0.1, -0.05) is 48.5 Å². The monoisotopic (exact) mass is 228 g/mol. The van der Waals surface area contributed by atoms with Gasteiger partial charge in [-0.2, -0.15) is 13.5 Å². The highest BCUT2D eigenvalue weighted by Gasteiger charge is 2.04. The third kappa shape index (κ3) is 1.51. The Labute approximate surface area is 101 Å². The minimum Gasteiger partial charge on any atom is -0.507 e. The van der Waals surface area contributed by atoms with Crippen LogP contribution in [0.15, 0.2) is 54.6 Å². The summed E-state index contributed by atoms with van der Waals surface area (Å²) in [5.41, 5.74) is 0. The van der Waals surface area contributed by atoms with Gasteiger partial charge in [0.15, 0.2) is 0 Å². The Morgan fingerprint density at radius 1 is 0.688 bits per heavy atom. The van der Waals surface area contributed by atoms with Crippen molar-refractivity contribution in [3.05, 3.63) is 54.6 Å². The lowest BCUT2D eigenvalue weighted by atomic mass is 10.0. The number of phenols is 1. The smallest absolute Gasteiger partial charge is 0.131 e. The molecule has 0 aliphatic rings. The van der Waals surface area contributed by atoms with Crippen LogP contribution in [0.3, 0.4) is 0 Å². The normalized spacial score (nSPS) is 10.2. The molecule has 0 atom stereocenters. The molecule has 0 heterocycles. The Morgan fingerprint density at radius 3 is 1.62 bits per heavy atom. The first-order valence-corrected chi connectivity index (χ1v) is 4.96. The molecular weight excluding hydrogens is 216 g/mol. The zero-order valence-electron chi connectivity index (χ0n) is 8.64. The van der Waals surface area contributed by atoms with Crippen LogP contribution >= 0.6 is 13.5 Å². The highest BCUT2D eigenvalue weighted by molar-refractivity contribution is 7.59. The highest BCUT2D eigenvalue weighted by Crippen LogP contribution is 2.33. The SMILES string of the molecule is Oc1c2ccccc2cc2ccccc12.S. The van der Waals surface area contributed by atoms with Crippen LogP contribution in [0.2, 0.25) is 0 Å². The molecule has 0 saturated carbocycles. The number of hydrogen-bond donors (Lipinski definition) is 1. The topological polar surface area (TPSA) is 20.2 Å². The van der Waals surface area contributed by atoms with Crippen LogP contribution in [0.4, 0.5) is 0 Å². The highest BCUT2D eigenvalue weighted by atomic mass is 32.1. The van der Waals surface area contributed by atoms with Crippen molar-refractivity contribution in [1.29, 1.82) is 0 Å². The van der Waals surface area contributed by atoms with Gasteiger partial charge in [-0.3, -0.25) is 0 Å². The third-order valence-electron chi connectivity index (χ3n) is 2.74. The van der Waals surface area contributed by atoms with Gasteiger partial charge in [-0.05, 0) is 16.8 Å². The van der Waals surface area contributed by atoms with E-state index in [1.165, 1.54) is 0 Å². The first-order chi connectivity index (χ1) is 7.36. The van der Waals surface area contributed by atoms with Crippen LogP contribution in [-0.2, 0) is 0 Å². The second-order valence-electron chi connectivity index (χ2n) is 3.67. The van der Waals surface area contributed by atoms with Crippen molar-refractivity contribution in [1.82, 2.24) is 0 Å². The minimum atomic E-state index is 0. The molecule has 1 N–H and O–H groups in total. The predicted octanol–water partition coefficient (Wildman–Crippen LogP) is 3.81. The zero-order chi connectivity index (χ0) is 10.3. The van der Waals surface area contributed by atoms with Crippen LogP contribution in [0.1, 0.15) is 0 Å². The molecule has 0 amide bonds. The number of aromatic hydroxyl groups is 1. The average Bonchev–Trinajstić information content (AvgIpc) is 2.30. The van der Waals surface area contributed by atoms with Crippen molar-refractivity contribution in [3.8, 4) is 5.75 Å². The standard InChI is InChI=1S/C14H10O.H2S/c15-14-12-7-3-1-5-10(12)9-11-6-2-4-8-13(11)14;/h1-9,15H;1H2. The summed E-state index contributed by atoms with van der Waals surface area (Å²) in [5.74, 6) is 0.378. The molecule has 0 aliphatic carbocycles. The first kappa shape index (κ1) is 10.8. The van der Waals surface area contributed by atoms with Crippen LogP contribution in [0.5, 0.6) is 5.75 Å². The molecule has 3 aromatic rings. The molecule has 0 fully saturated rings. The number of rotatable bonds is 0. The maximum absolute atomic E-state index is 10.1. The van der Waals surface area contributed by atoms with Crippen LogP contribution < -0.4 is 0 Å². The van der Waals surface area contributed by atoms with Gasteiger partial charge in [0.2, 0.25) is 0 Å². The molecule has 0 spiro atoms. The summed E-state index contributed by atoms with van der Waals surface area (Å²) in [6.07, 6.45) is 0. The van der Waals surface area contributed by atoms with E-state index in [1.54, 1.807) is 0 Å². The molecule has 2 heteroatoms. The van der Waals surface area contributed by atoms with Gasteiger partial charge in [0.25, 0.3) is 0 Å². The van der Waals surface area contributed by atoms with Crippen molar-refractivity contribution < 1.29 is 5.11 Å². The number of fused-ring (bicyclic) bond motifs is 2. The molecule has 3 aromatic carbocycles. The van der Waals surface area contributed by atoms with E-state index in [1.807, 2.05) is 48.5 Å². The maximum Gasteiger partial charge on any atom is 0.131 e. The summed E-state index contributed by atoms with van der Waals surface area (Å²) < 4.78 is 0. The quantitative estimate of drug-likeness (QED) is 0.580. The van der Waals surface area contributed by atoms with Crippen molar-refractivity contribution in [2.75, 3.05) is 0 Å². The molecule has 0 aliphatic heterocycles. The van der Waals surface area contributed by atoms with E-state index in [9.17, 15) is 5.11 Å². The van der Waals surface area contributed by atoms with E-state index >= 15 is 0 Å². The first-order valence-electron chi connectivity index (χ1n) is 4.96. The molecule has 0 radical (unpaired) electrons. The van der Waals surface area contributed by atoms with Gasteiger partial charge in [-0.25, -0.2) is 0 Å². The van der Waals surface area contributed by atoms with Crippen molar-refractivity contribution >= 4 is 35.0 Å². The van der Waals surface area contributed by atoms with E-state index in [4.69, 9.17) is 0 Å². The second kappa shape index (κ2) is 4.06. The summed E-state index contributed by atoms with van der Waals surface area (Å²) >= 11 is 0. The molecule has 80 valence electrons. The molecule has 0 bridgehead atoms. The van der Waals surface area contributed by atoms with Gasteiger partial charge in [0, 0.05) is 10.8 Å². The Kier molecular flexibility index (Phi) is 2.75. The Balaban J connectivity index is 0.000000963. The molecule has 1 nitrogen and oxygen atoms in total. The number of hydrogen-bond acceptors (Lipinski definition) is 1. The van der Waals surface area contributed by atoms with Gasteiger partial charge in [0.1, 0.15) is 5.75 Å². The largest absolute Gasteiger partial charge is 0.507 e. The molecule has 3 rings (SSSR count). The molecule has 16 heavy (non-hydrogen) atoms. The van der Waals surface area contributed by atoms with Gasteiger partial charge >= 0.3 is 0 Å². The minimum absolute atomic E-state index is 0. The molecular formula is C14H12OS. The van der Waals surface area contributed by atoms with E-state index in [0.29, 0.717) is 5.75 Å². The number of benzene rings is 3. The van der Waals surface area contributed by atoms with E-state index in [0.717, 1.165) is 21.5 Å². The van der Waals surface area contributed by atoms with E-state index in [-0.39, 0.29) is 13.5 Å². The Morgan fingerprint density at radius 2 is 1.12 bits per heavy atom. The fraction of sp³-hybridized carbons (Fsp3) is 0. The van der Waals surface area contributed by atoms with E-state index < -0.39 is 0 Å². The van der Waals surface area contributed by atoms with Crippen LogP contribution in [0, 0.1) is 0 Å². The summed E-state index contributed by atoms with van der Waals surface area (Å²) in [4.78, 5) is 0. The summed E-state index contributed by atoms with van der Waals surface area (Å²) in [6.45, 7) is 0. The van der Waals surface area contributed by atoms with Crippen molar-refractivity contribution in [2.45, 2.75) is 0 Å². The fourth-order valence-electron chi connectivity index (χ4n) is 1.99. The number of phenolic OH excluding ortho intramolecular Hbond substituents is 1. The van der Waals surface area contributed by atoms with Gasteiger partial charge in [-0.15, -0.1) is 0 Å². The fourth-order valence-corrected chi connectivity index (χ4v) is 1.99. The second-order valence-corrected chi connectivity index (χ2v) is 3.67. The lowest BCUT2D eigenvalue weighted by molar-refractivity contribution is 0.488. The van der Waals surface area contributed by atoms with Crippen LogP contribution in [-0.4, -0.2) is 5.11 Å². The van der Waals surface area contributed by atoms with Crippen molar-refractivity contribution in [2.24, 2.45) is 0 Å². The molecule has 0 saturated heterocycles. The molecule has 0 unspecified atom stereocenters. The van der Waals surface area contributed by atoms with Crippen molar-refractivity contribution in [3.63, 3.8) is 0 Å². The van der Waals surface area contributed by atoms with Gasteiger partial charge in [0.05, 0.1) is 0 Å². The summed E-state index contributed by atoms with van der Waals surface area (Å²) in [7, 11) is 0. The van der Waals surface area contributed by atoms with E-state index in [2.05, 4.69) is 6.07 Å². The summed E-state index contributed by atoms with van der Waals surface area (Å²) in [5, 5.41) is 14.1. The zero-order valence-corrected chi connectivity index (χ0v) is 9.64. The third-order valence-corrected chi connectivity index (χ3v) is 2.74. The Hall–Kier alpha value is -1.67. The average molecular weight is 228 g/mol.